The zero-order chi connectivity index (χ0) is 22.3. The van der Waals surface area contributed by atoms with Crippen molar-refractivity contribution in [3.05, 3.63) is 35.3 Å². The molecule has 2 aromatic rings. The van der Waals surface area contributed by atoms with E-state index in [1.165, 1.54) is 23.1 Å². The molecule has 0 saturated carbocycles. The molecule has 0 N–H and O–H groups in total. The number of carbonyl (C=O) groups excluding carboxylic acids is 2. The minimum atomic E-state index is -3.33. The first kappa shape index (κ1) is 32.0. The zero-order valence-corrected chi connectivity index (χ0v) is 23.0. The SMILES string of the molecule is C.CSc1sc(Cl)c2c1C(=O)C(F)(F)C2.C[S-].O=C1c2c(Cl)sc(Cl)c2CC1(F)F.[Na+]. The van der Waals surface area contributed by atoms with Crippen LogP contribution in [0.1, 0.15) is 39.3 Å². The van der Waals surface area contributed by atoms with Crippen molar-refractivity contribution >= 4 is 93.4 Å². The van der Waals surface area contributed by atoms with Crippen molar-refractivity contribution in [2.24, 2.45) is 0 Å². The van der Waals surface area contributed by atoms with Crippen LogP contribution in [0.4, 0.5) is 17.6 Å². The molecule has 0 amide bonds. The molecule has 168 valence electrons. The van der Waals surface area contributed by atoms with Gasteiger partial charge >= 0.3 is 41.4 Å². The molecule has 0 saturated heterocycles. The van der Waals surface area contributed by atoms with Gasteiger partial charge in [-0.15, -0.1) is 34.4 Å². The number of thioether (sulfide) groups is 1. The summed E-state index contributed by atoms with van der Waals surface area (Å²) < 4.78 is 53.0. The molecule has 0 spiro atoms. The smallest absolute Gasteiger partial charge is 0.796 e. The molecule has 2 nitrogen and oxygen atoms in total. The Labute approximate surface area is 232 Å². The van der Waals surface area contributed by atoms with Crippen LogP contribution in [0.15, 0.2) is 4.21 Å². The second-order valence-electron chi connectivity index (χ2n) is 5.64. The van der Waals surface area contributed by atoms with Crippen molar-refractivity contribution in [2.75, 3.05) is 12.5 Å². The standard InChI is InChI=1S/C8H5ClF2OS2.C7H2Cl2F2OS.CH4S.CH4.Na/c1-13-7-4-3(6(9)14-7)2-8(10,11)5(4)12;8-5-2-1-7(10,11)4(12)3(2)6(9)13-5;1-2;;/h2H2,1H3;1H2;2H,1H3;1H4;/q;;;;+1/p-1. The third kappa shape index (κ3) is 6.18. The Kier molecular flexibility index (Phi) is 12.5. The second kappa shape index (κ2) is 12.1. The Morgan fingerprint density at radius 1 is 0.839 bits per heavy atom. The van der Waals surface area contributed by atoms with Gasteiger partial charge in [0.1, 0.15) is 4.34 Å². The maximum atomic E-state index is 13.0. The van der Waals surface area contributed by atoms with Crippen molar-refractivity contribution in [2.45, 2.75) is 36.3 Å². The van der Waals surface area contributed by atoms with Crippen LogP contribution in [0.25, 0.3) is 0 Å². The number of thiophene rings is 2. The van der Waals surface area contributed by atoms with E-state index in [1.54, 1.807) is 12.5 Å². The summed E-state index contributed by atoms with van der Waals surface area (Å²) in [5.74, 6) is -8.88. The van der Waals surface area contributed by atoms with Crippen LogP contribution in [-0.4, -0.2) is 35.9 Å². The van der Waals surface area contributed by atoms with Gasteiger partial charge in [0.2, 0.25) is 11.6 Å². The summed E-state index contributed by atoms with van der Waals surface area (Å²) in [7, 11) is 0. The fourth-order valence-electron chi connectivity index (χ4n) is 2.71. The van der Waals surface area contributed by atoms with E-state index >= 15 is 0 Å². The van der Waals surface area contributed by atoms with Crippen molar-refractivity contribution in [1.29, 1.82) is 0 Å². The van der Waals surface area contributed by atoms with Gasteiger partial charge in [-0.3, -0.25) is 9.59 Å². The average Bonchev–Trinajstić information content (AvgIpc) is 3.27. The van der Waals surface area contributed by atoms with E-state index in [0.717, 1.165) is 11.3 Å². The number of hydrogen-bond donors (Lipinski definition) is 0. The largest absolute Gasteiger partial charge is 1.00 e. The zero-order valence-electron chi connectivity index (χ0n) is 15.5. The number of ketones is 2. The fourth-order valence-corrected chi connectivity index (χ4v) is 6.74. The molecule has 0 aromatic carbocycles. The van der Waals surface area contributed by atoms with E-state index in [4.69, 9.17) is 34.8 Å². The van der Waals surface area contributed by atoms with Gasteiger partial charge in [-0.2, -0.15) is 23.8 Å². The predicted octanol–water partition coefficient (Wildman–Crippen LogP) is 4.73. The van der Waals surface area contributed by atoms with Gasteiger partial charge < -0.3 is 12.6 Å². The summed E-state index contributed by atoms with van der Waals surface area (Å²) in [6, 6.07) is 0. The molecule has 31 heavy (non-hydrogen) atoms. The number of carbonyl (C=O) groups is 2. The van der Waals surface area contributed by atoms with Crippen molar-refractivity contribution < 1.29 is 56.7 Å². The van der Waals surface area contributed by atoms with E-state index in [2.05, 4.69) is 12.6 Å². The first-order valence-electron chi connectivity index (χ1n) is 7.48. The van der Waals surface area contributed by atoms with E-state index in [9.17, 15) is 27.2 Å². The van der Waals surface area contributed by atoms with Crippen molar-refractivity contribution in [3.63, 3.8) is 0 Å². The Hall–Kier alpha value is 1.03. The molecular formula is C17H14Cl3F4NaO2S4. The van der Waals surface area contributed by atoms with Gasteiger partial charge in [-0.25, -0.2) is 0 Å². The quantitative estimate of drug-likeness (QED) is 0.211. The Balaban J connectivity index is 0.000000508. The van der Waals surface area contributed by atoms with Crippen LogP contribution in [0.5, 0.6) is 0 Å². The molecule has 2 heterocycles. The number of Topliss-reactive ketones (excluding diaryl/α,β-unsaturated/α-hetero) is 2. The fraction of sp³-hybridized carbons (Fsp3) is 0.412. The van der Waals surface area contributed by atoms with Gasteiger partial charge in [0.25, 0.3) is 0 Å². The molecule has 0 unspecified atom stereocenters. The van der Waals surface area contributed by atoms with Gasteiger partial charge in [-0.05, 0) is 6.26 Å². The van der Waals surface area contributed by atoms with Crippen LogP contribution >= 0.6 is 69.2 Å². The second-order valence-corrected chi connectivity index (χ2v) is 10.6. The number of rotatable bonds is 1. The van der Waals surface area contributed by atoms with Crippen LogP contribution in [0.3, 0.4) is 0 Å². The van der Waals surface area contributed by atoms with E-state index in [1.807, 2.05) is 0 Å². The molecule has 4 rings (SSSR count). The maximum absolute atomic E-state index is 13.0. The monoisotopic (exact) mass is 582 g/mol. The number of fused-ring (bicyclic) bond motifs is 2. The minimum Gasteiger partial charge on any atom is -0.796 e. The molecule has 0 aliphatic heterocycles. The van der Waals surface area contributed by atoms with Crippen molar-refractivity contribution in [3.8, 4) is 0 Å². The minimum absolute atomic E-state index is 0. The Morgan fingerprint density at radius 3 is 1.65 bits per heavy atom. The first-order valence-corrected chi connectivity index (χ1v) is 12.3. The molecule has 0 bridgehead atoms. The molecule has 2 aliphatic carbocycles. The molecule has 0 radical (unpaired) electrons. The summed E-state index contributed by atoms with van der Waals surface area (Å²) in [5, 5.41) is 0. The maximum Gasteiger partial charge on any atom is 1.00 e. The number of halogens is 7. The summed E-state index contributed by atoms with van der Waals surface area (Å²) in [6.07, 6.45) is 2.16. The topological polar surface area (TPSA) is 34.1 Å². The van der Waals surface area contributed by atoms with Crippen LogP contribution in [0, 0.1) is 0 Å². The normalized spacial score (nSPS) is 16.7. The molecular weight excluding hydrogens is 570 g/mol. The summed E-state index contributed by atoms with van der Waals surface area (Å²) >= 11 is 24.5. The van der Waals surface area contributed by atoms with Gasteiger partial charge in [-0.1, -0.05) is 42.2 Å². The van der Waals surface area contributed by atoms with Gasteiger partial charge in [0.15, 0.2) is 0 Å². The summed E-state index contributed by atoms with van der Waals surface area (Å²) in [5.41, 5.74) is 0.543. The predicted molar refractivity (Wildman–Crippen MR) is 121 cm³/mol. The van der Waals surface area contributed by atoms with Crippen LogP contribution < -0.4 is 29.6 Å². The molecule has 14 heteroatoms. The molecule has 0 fully saturated rings. The van der Waals surface area contributed by atoms with Gasteiger partial charge in [0, 0.05) is 24.0 Å². The molecule has 0 atom stereocenters. The summed E-state index contributed by atoms with van der Waals surface area (Å²) in [4.78, 5) is 22.4. The van der Waals surface area contributed by atoms with Crippen LogP contribution in [0.2, 0.25) is 13.0 Å². The molecule has 2 aliphatic rings. The molecule has 2 aromatic heterocycles. The van der Waals surface area contributed by atoms with Crippen LogP contribution in [-0.2, 0) is 25.5 Å². The third-order valence-electron chi connectivity index (χ3n) is 3.94. The Bertz CT molecular complexity index is 979. The van der Waals surface area contributed by atoms with Gasteiger partial charge in [0.05, 0.1) is 24.0 Å². The number of hydrogen-bond acceptors (Lipinski definition) is 6. The van der Waals surface area contributed by atoms with E-state index < -0.39 is 36.3 Å². The van der Waals surface area contributed by atoms with E-state index in [-0.39, 0.29) is 62.3 Å². The average molecular weight is 584 g/mol. The third-order valence-corrected chi connectivity index (χ3v) is 8.23. The Morgan fingerprint density at radius 2 is 1.23 bits per heavy atom. The summed E-state index contributed by atoms with van der Waals surface area (Å²) in [6.45, 7) is 0. The van der Waals surface area contributed by atoms with Crippen molar-refractivity contribution in [1.82, 2.24) is 0 Å². The number of alkyl halides is 4. The van der Waals surface area contributed by atoms with E-state index in [0.29, 0.717) is 14.1 Å². The first-order chi connectivity index (χ1) is 13.4.